The molecule has 0 saturated carbocycles. The molecule has 3 aromatic rings. The molecular weight excluding hydrogens is 507 g/mol. The Morgan fingerprint density at radius 2 is 1.66 bits per heavy atom. The summed E-state index contributed by atoms with van der Waals surface area (Å²) in [6.07, 6.45) is 1.75. The lowest BCUT2D eigenvalue weighted by molar-refractivity contribution is -0.113. The highest BCUT2D eigenvalue weighted by molar-refractivity contribution is 8.14. The Morgan fingerprint density at radius 1 is 0.943 bits per heavy atom. The second kappa shape index (κ2) is 11.5. The first kappa shape index (κ1) is 25.0. The lowest BCUT2D eigenvalue weighted by atomic mass is 10.2. The molecule has 1 heterocycles. The van der Waals surface area contributed by atoms with Crippen molar-refractivity contribution in [2.45, 2.75) is 0 Å². The second-order valence-corrected chi connectivity index (χ2v) is 9.21. The van der Waals surface area contributed by atoms with E-state index in [2.05, 4.69) is 4.99 Å². The van der Waals surface area contributed by atoms with E-state index in [9.17, 15) is 4.79 Å². The normalized spacial score (nSPS) is 14.3. The van der Waals surface area contributed by atoms with Crippen LogP contribution in [0.25, 0.3) is 6.08 Å². The Morgan fingerprint density at radius 3 is 2.34 bits per heavy atom. The van der Waals surface area contributed by atoms with Crippen molar-refractivity contribution in [1.82, 2.24) is 0 Å². The molecule has 0 atom stereocenters. The van der Waals surface area contributed by atoms with Crippen LogP contribution in [0.2, 0.25) is 10.0 Å². The number of amides is 1. The van der Waals surface area contributed by atoms with E-state index in [4.69, 9.17) is 37.4 Å². The van der Waals surface area contributed by atoms with Crippen LogP contribution in [0.15, 0.2) is 77.4 Å². The van der Waals surface area contributed by atoms with Crippen molar-refractivity contribution in [3.05, 3.63) is 88.0 Å². The molecule has 0 aliphatic carbocycles. The third-order valence-electron chi connectivity index (χ3n) is 5.04. The summed E-state index contributed by atoms with van der Waals surface area (Å²) in [5.74, 6) is 2.26. The third-order valence-corrected chi connectivity index (χ3v) is 6.51. The van der Waals surface area contributed by atoms with Gasteiger partial charge in [-0.15, -0.1) is 0 Å². The second-order valence-electron chi connectivity index (χ2n) is 7.31. The fourth-order valence-electron chi connectivity index (χ4n) is 3.29. The maximum absolute atomic E-state index is 13.4. The first-order valence-electron chi connectivity index (χ1n) is 10.6. The average Bonchev–Trinajstić information content (AvgIpc) is 3.18. The predicted molar refractivity (Wildman–Crippen MR) is 143 cm³/mol. The van der Waals surface area contributed by atoms with Crippen molar-refractivity contribution in [3.63, 3.8) is 0 Å². The summed E-state index contributed by atoms with van der Waals surface area (Å²) in [7, 11) is 3.14. The van der Waals surface area contributed by atoms with E-state index in [1.807, 2.05) is 36.4 Å². The van der Waals surface area contributed by atoms with Crippen molar-refractivity contribution >= 4 is 57.8 Å². The molecule has 0 aromatic heterocycles. The standard InChI is InChI=1S/C26H22Cl2N2O4S/c1-32-20-8-3-17(4-9-20)15-23-25(31)30(19-7-12-22(28)24(16-19)33-2)26(29-23)35-14-13-34-21-10-5-18(27)6-11-21/h3-12,15-16H,13-14H2,1-2H3/b23-15+. The van der Waals surface area contributed by atoms with Gasteiger partial charge in [-0.1, -0.05) is 47.1 Å². The molecule has 6 nitrogen and oxygen atoms in total. The van der Waals surface area contributed by atoms with Crippen molar-refractivity contribution < 1.29 is 19.0 Å². The largest absolute Gasteiger partial charge is 0.497 e. The number of halogens is 2. The number of hydrogen-bond acceptors (Lipinski definition) is 6. The summed E-state index contributed by atoms with van der Waals surface area (Å²) < 4.78 is 16.3. The van der Waals surface area contributed by atoms with Crippen LogP contribution in [0, 0.1) is 0 Å². The van der Waals surface area contributed by atoms with E-state index in [0.29, 0.717) is 44.7 Å². The highest BCUT2D eigenvalue weighted by Gasteiger charge is 2.32. The minimum absolute atomic E-state index is 0.244. The van der Waals surface area contributed by atoms with Gasteiger partial charge < -0.3 is 14.2 Å². The van der Waals surface area contributed by atoms with Gasteiger partial charge in [0, 0.05) is 16.8 Å². The number of amidine groups is 1. The number of rotatable bonds is 8. The van der Waals surface area contributed by atoms with Crippen molar-refractivity contribution in [1.29, 1.82) is 0 Å². The minimum atomic E-state index is -0.244. The van der Waals surface area contributed by atoms with Crippen LogP contribution in [0.1, 0.15) is 5.56 Å². The lowest BCUT2D eigenvalue weighted by Crippen LogP contribution is -2.30. The molecular formula is C26H22Cl2N2O4S. The van der Waals surface area contributed by atoms with E-state index in [1.165, 1.54) is 18.9 Å². The molecule has 3 aromatic carbocycles. The van der Waals surface area contributed by atoms with Gasteiger partial charge in [0.2, 0.25) is 0 Å². The molecule has 180 valence electrons. The number of thioether (sulfide) groups is 1. The molecule has 1 aliphatic heterocycles. The number of ether oxygens (including phenoxy) is 3. The highest BCUT2D eigenvalue weighted by Crippen LogP contribution is 2.34. The summed E-state index contributed by atoms with van der Waals surface area (Å²) in [5.41, 5.74) is 1.77. The quantitative estimate of drug-likeness (QED) is 0.244. The van der Waals surface area contributed by atoms with Crippen LogP contribution in [-0.4, -0.2) is 37.7 Å². The molecule has 1 aliphatic rings. The zero-order valence-corrected chi connectivity index (χ0v) is 21.4. The molecule has 0 N–H and O–H groups in total. The summed E-state index contributed by atoms with van der Waals surface area (Å²) in [5, 5.41) is 1.65. The number of hydrogen-bond donors (Lipinski definition) is 0. The molecule has 0 unspecified atom stereocenters. The maximum atomic E-state index is 13.4. The first-order chi connectivity index (χ1) is 17.0. The molecule has 0 bridgehead atoms. The number of carbonyl (C=O) groups is 1. The van der Waals surface area contributed by atoms with Crippen LogP contribution in [0.4, 0.5) is 5.69 Å². The fraction of sp³-hybridized carbons (Fsp3) is 0.154. The topological polar surface area (TPSA) is 60.4 Å². The zero-order valence-electron chi connectivity index (χ0n) is 19.0. The van der Waals surface area contributed by atoms with E-state index in [-0.39, 0.29) is 5.91 Å². The Hall–Kier alpha value is -3.13. The monoisotopic (exact) mass is 528 g/mol. The van der Waals surface area contributed by atoms with Gasteiger partial charge in [0.25, 0.3) is 5.91 Å². The Bertz CT molecular complexity index is 1260. The molecule has 0 radical (unpaired) electrons. The zero-order chi connectivity index (χ0) is 24.8. The Labute approximate surface area is 218 Å². The van der Waals surface area contributed by atoms with Gasteiger partial charge in [0.05, 0.1) is 31.5 Å². The molecule has 0 fully saturated rings. The Balaban J connectivity index is 1.56. The first-order valence-corrected chi connectivity index (χ1v) is 12.4. The number of methoxy groups -OCH3 is 2. The van der Waals surface area contributed by atoms with E-state index < -0.39 is 0 Å². The van der Waals surface area contributed by atoms with Crippen molar-refractivity contribution in [2.24, 2.45) is 4.99 Å². The van der Waals surface area contributed by atoms with Gasteiger partial charge in [-0.25, -0.2) is 4.99 Å². The van der Waals surface area contributed by atoms with Gasteiger partial charge in [-0.3, -0.25) is 9.69 Å². The molecule has 4 rings (SSSR count). The van der Waals surface area contributed by atoms with Crippen molar-refractivity contribution in [3.8, 4) is 17.2 Å². The van der Waals surface area contributed by atoms with Crippen molar-refractivity contribution in [2.75, 3.05) is 31.5 Å². The number of benzene rings is 3. The van der Waals surface area contributed by atoms with Gasteiger partial charge in [0.15, 0.2) is 5.17 Å². The van der Waals surface area contributed by atoms with E-state index in [1.54, 1.807) is 48.4 Å². The lowest BCUT2D eigenvalue weighted by Gasteiger charge is -2.19. The van der Waals surface area contributed by atoms with Crippen LogP contribution < -0.4 is 19.1 Å². The van der Waals surface area contributed by atoms with Gasteiger partial charge in [-0.2, -0.15) is 0 Å². The maximum Gasteiger partial charge on any atom is 0.283 e. The fourth-order valence-corrected chi connectivity index (χ4v) is 4.44. The summed E-state index contributed by atoms with van der Waals surface area (Å²) in [4.78, 5) is 19.6. The minimum Gasteiger partial charge on any atom is -0.497 e. The van der Waals surface area contributed by atoms with Crippen LogP contribution in [-0.2, 0) is 4.79 Å². The number of nitrogens with zero attached hydrogens (tertiary/aromatic N) is 2. The molecule has 1 amide bonds. The predicted octanol–water partition coefficient (Wildman–Crippen LogP) is 6.57. The molecule has 35 heavy (non-hydrogen) atoms. The highest BCUT2D eigenvalue weighted by atomic mass is 35.5. The SMILES string of the molecule is COc1ccc(/C=C2/N=C(SCCOc3ccc(Cl)cc3)N(c3ccc(Cl)c(OC)c3)C2=O)cc1. The summed E-state index contributed by atoms with van der Waals surface area (Å²) >= 11 is 13.5. The number of anilines is 1. The Kier molecular flexibility index (Phi) is 8.23. The van der Waals surface area contributed by atoms with Crippen LogP contribution in [0.5, 0.6) is 17.2 Å². The van der Waals surface area contributed by atoms with Gasteiger partial charge >= 0.3 is 0 Å². The van der Waals surface area contributed by atoms with Crippen LogP contribution >= 0.6 is 35.0 Å². The third kappa shape index (κ3) is 6.11. The van der Waals surface area contributed by atoms with Crippen LogP contribution in [0.3, 0.4) is 0 Å². The summed E-state index contributed by atoms with van der Waals surface area (Å²) in [6.45, 7) is 0.425. The van der Waals surface area contributed by atoms with E-state index >= 15 is 0 Å². The number of aliphatic imine (C=N–C) groups is 1. The average molecular weight is 529 g/mol. The molecule has 0 spiro atoms. The van der Waals surface area contributed by atoms with Gasteiger partial charge in [-0.05, 0) is 60.2 Å². The molecule has 9 heteroatoms. The summed E-state index contributed by atoms with van der Waals surface area (Å²) in [6, 6.07) is 19.8. The smallest absolute Gasteiger partial charge is 0.283 e. The van der Waals surface area contributed by atoms with Gasteiger partial charge in [0.1, 0.15) is 22.9 Å². The molecule has 0 saturated heterocycles. The number of carbonyl (C=O) groups excluding carboxylic acids is 1. The van der Waals surface area contributed by atoms with E-state index in [0.717, 1.165) is 17.1 Å².